The first-order valence-electron chi connectivity index (χ1n) is 22.5. The van der Waals surface area contributed by atoms with Gasteiger partial charge in [0.25, 0.3) is 0 Å². The second-order valence-corrected chi connectivity index (χ2v) is 14.9. The Morgan fingerprint density at radius 2 is 0.755 bits per heavy atom. The Hall–Kier alpha value is -2.37. The van der Waals surface area contributed by atoms with Gasteiger partial charge in [-0.15, -0.1) is 0 Å². The van der Waals surface area contributed by atoms with Crippen LogP contribution in [-0.2, 0) is 28.6 Å². The van der Waals surface area contributed by atoms with Crippen molar-refractivity contribution >= 4 is 17.9 Å². The molecule has 0 aliphatic heterocycles. The minimum absolute atomic E-state index is 0.0795. The van der Waals surface area contributed by atoms with Crippen LogP contribution in [0.4, 0.5) is 0 Å². The molecule has 53 heavy (non-hydrogen) atoms. The van der Waals surface area contributed by atoms with Crippen molar-refractivity contribution in [2.45, 2.75) is 232 Å². The summed E-state index contributed by atoms with van der Waals surface area (Å²) in [5.74, 6) is -0.908. The molecule has 0 rings (SSSR count). The van der Waals surface area contributed by atoms with Crippen LogP contribution in [0.2, 0.25) is 0 Å². The van der Waals surface area contributed by atoms with Crippen LogP contribution in [0.25, 0.3) is 0 Å². The molecule has 0 spiro atoms. The summed E-state index contributed by atoms with van der Waals surface area (Å²) in [7, 11) is 0. The second-order valence-electron chi connectivity index (χ2n) is 14.9. The van der Waals surface area contributed by atoms with E-state index in [2.05, 4.69) is 57.2 Å². The zero-order valence-corrected chi connectivity index (χ0v) is 35.0. The summed E-state index contributed by atoms with van der Waals surface area (Å²) in [6, 6.07) is 0. The quantitative estimate of drug-likeness (QED) is 0.0269. The van der Waals surface area contributed by atoms with Crippen LogP contribution >= 0.6 is 0 Å². The van der Waals surface area contributed by atoms with Gasteiger partial charge in [0.05, 0.1) is 0 Å². The summed E-state index contributed by atoms with van der Waals surface area (Å²) in [5, 5.41) is 0. The van der Waals surface area contributed by atoms with E-state index in [0.717, 1.165) is 109 Å². The Balaban J connectivity index is 4.38. The molecule has 0 saturated carbocycles. The first-order chi connectivity index (χ1) is 26.0. The van der Waals surface area contributed by atoms with Gasteiger partial charge in [0.1, 0.15) is 13.2 Å². The molecule has 0 bridgehead atoms. The van der Waals surface area contributed by atoms with E-state index in [0.29, 0.717) is 19.3 Å². The Kier molecular flexibility index (Phi) is 40.5. The molecule has 1 atom stereocenters. The molecule has 6 nitrogen and oxygen atoms in total. The Morgan fingerprint density at radius 1 is 0.396 bits per heavy atom. The maximum absolute atomic E-state index is 12.7. The van der Waals surface area contributed by atoms with Crippen LogP contribution in [0, 0.1) is 0 Å². The number of ether oxygens (including phenoxy) is 3. The largest absolute Gasteiger partial charge is 0.462 e. The van der Waals surface area contributed by atoms with Crippen molar-refractivity contribution in [3.05, 3.63) is 36.5 Å². The third kappa shape index (κ3) is 40.6. The molecule has 0 aliphatic rings. The normalized spacial score (nSPS) is 12.3. The van der Waals surface area contributed by atoms with Crippen LogP contribution < -0.4 is 0 Å². The zero-order chi connectivity index (χ0) is 38.7. The molecular formula is C47H84O6. The van der Waals surface area contributed by atoms with Crippen LogP contribution in [0.1, 0.15) is 226 Å². The number of hydrogen-bond acceptors (Lipinski definition) is 6. The molecule has 0 N–H and O–H groups in total. The van der Waals surface area contributed by atoms with E-state index in [1.54, 1.807) is 0 Å². The first-order valence-corrected chi connectivity index (χ1v) is 22.5. The van der Waals surface area contributed by atoms with Gasteiger partial charge in [-0.2, -0.15) is 0 Å². The SMILES string of the molecule is CC/C=C\C/C=C\CCCCCCCC(=O)OC(COC(=O)CCCCCC/C=C\CCCC)COC(=O)CCCCCCCCCCCCCCC. The molecule has 308 valence electrons. The molecule has 0 aliphatic carbocycles. The summed E-state index contributed by atoms with van der Waals surface area (Å²) in [4.78, 5) is 37.7. The third-order valence-electron chi connectivity index (χ3n) is 9.63. The van der Waals surface area contributed by atoms with Crippen molar-refractivity contribution in [3.8, 4) is 0 Å². The van der Waals surface area contributed by atoms with Gasteiger partial charge in [-0.3, -0.25) is 14.4 Å². The van der Waals surface area contributed by atoms with Gasteiger partial charge in [-0.25, -0.2) is 0 Å². The number of hydrogen-bond donors (Lipinski definition) is 0. The maximum Gasteiger partial charge on any atom is 0.306 e. The topological polar surface area (TPSA) is 78.9 Å². The van der Waals surface area contributed by atoms with E-state index in [9.17, 15) is 14.4 Å². The molecule has 0 saturated heterocycles. The fourth-order valence-electron chi connectivity index (χ4n) is 6.22. The number of esters is 3. The Bertz CT molecular complexity index is 907. The van der Waals surface area contributed by atoms with Gasteiger partial charge in [-0.05, 0) is 64.2 Å². The molecule has 0 radical (unpaired) electrons. The van der Waals surface area contributed by atoms with Crippen molar-refractivity contribution in [2.24, 2.45) is 0 Å². The fourth-order valence-corrected chi connectivity index (χ4v) is 6.22. The summed E-state index contributed by atoms with van der Waals surface area (Å²) < 4.78 is 16.7. The average molecular weight is 745 g/mol. The van der Waals surface area contributed by atoms with E-state index < -0.39 is 6.10 Å². The number of allylic oxidation sites excluding steroid dienone is 6. The van der Waals surface area contributed by atoms with Crippen molar-refractivity contribution in [1.29, 1.82) is 0 Å². The number of unbranched alkanes of at least 4 members (excludes halogenated alkanes) is 23. The van der Waals surface area contributed by atoms with Gasteiger partial charge in [0.2, 0.25) is 0 Å². The highest BCUT2D eigenvalue weighted by Crippen LogP contribution is 2.14. The third-order valence-corrected chi connectivity index (χ3v) is 9.63. The fraction of sp³-hybridized carbons (Fsp3) is 0.809. The van der Waals surface area contributed by atoms with Gasteiger partial charge >= 0.3 is 17.9 Å². The van der Waals surface area contributed by atoms with Gasteiger partial charge in [0, 0.05) is 19.3 Å². The lowest BCUT2D eigenvalue weighted by Gasteiger charge is -2.18. The summed E-state index contributed by atoms with van der Waals surface area (Å²) in [6.07, 6.45) is 47.0. The highest BCUT2D eigenvalue weighted by atomic mass is 16.6. The average Bonchev–Trinajstić information content (AvgIpc) is 3.15. The van der Waals surface area contributed by atoms with E-state index in [-0.39, 0.29) is 31.1 Å². The molecule has 0 fully saturated rings. The molecular weight excluding hydrogens is 661 g/mol. The van der Waals surface area contributed by atoms with Crippen molar-refractivity contribution < 1.29 is 28.6 Å². The number of carbonyl (C=O) groups is 3. The highest BCUT2D eigenvalue weighted by Gasteiger charge is 2.19. The van der Waals surface area contributed by atoms with Crippen molar-refractivity contribution in [1.82, 2.24) is 0 Å². The van der Waals surface area contributed by atoms with Crippen molar-refractivity contribution in [3.63, 3.8) is 0 Å². The van der Waals surface area contributed by atoms with E-state index in [4.69, 9.17) is 14.2 Å². The van der Waals surface area contributed by atoms with Gasteiger partial charge in [0.15, 0.2) is 6.10 Å². The van der Waals surface area contributed by atoms with E-state index >= 15 is 0 Å². The molecule has 0 heterocycles. The first kappa shape index (κ1) is 50.6. The Labute approximate surface area is 327 Å². The molecule has 0 aromatic carbocycles. The van der Waals surface area contributed by atoms with E-state index in [1.807, 2.05) is 0 Å². The lowest BCUT2D eigenvalue weighted by atomic mass is 10.0. The monoisotopic (exact) mass is 745 g/mol. The maximum atomic E-state index is 12.7. The van der Waals surface area contributed by atoms with Crippen LogP contribution in [0.15, 0.2) is 36.5 Å². The highest BCUT2D eigenvalue weighted by molar-refractivity contribution is 5.71. The summed E-state index contributed by atoms with van der Waals surface area (Å²) in [5.41, 5.74) is 0. The summed E-state index contributed by atoms with van der Waals surface area (Å²) >= 11 is 0. The van der Waals surface area contributed by atoms with Gasteiger partial charge in [-0.1, -0.05) is 179 Å². The van der Waals surface area contributed by atoms with Crippen LogP contribution in [0.5, 0.6) is 0 Å². The van der Waals surface area contributed by atoms with Crippen LogP contribution in [-0.4, -0.2) is 37.2 Å². The standard InChI is InChI=1S/C47H84O6/c1-4-7-10-13-16-19-22-24-26-28-31-34-37-40-46(49)52-43-44(42-51-45(48)39-36-33-30-27-21-18-15-12-9-6-3)53-47(50)41-38-35-32-29-25-23-20-17-14-11-8-5-2/h8,11,15,17-18,20,44H,4-7,9-10,12-14,16,19,21-43H2,1-3H3/b11-8-,18-15-,20-17-. The predicted molar refractivity (Wildman–Crippen MR) is 224 cm³/mol. The zero-order valence-electron chi connectivity index (χ0n) is 35.0. The van der Waals surface area contributed by atoms with Gasteiger partial charge < -0.3 is 14.2 Å². The lowest BCUT2D eigenvalue weighted by Crippen LogP contribution is -2.30. The molecule has 0 aromatic heterocycles. The lowest BCUT2D eigenvalue weighted by molar-refractivity contribution is -0.167. The summed E-state index contributed by atoms with van der Waals surface area (Å²) in [6.45, 7) is 6.45. The second kappa shape index (κ2) is 42.4. The van der Waals surface area contributed by atoms with E-state index in [1.165, 1.54) is 77.0 Å². The molecule has 0 amide bonds. The predicted octanol–water partition coefficient (Wildman–Crippen LogP) is 14.2. The minimum Gasteiger partial charge on any atom is -0.462 e. The molecule has 6 heteroatoms. The molecule has 1 unspecified atom stereocenters. The minimum atomic E-state index is -0.777. The van der Waals surface area contributed by atoms with Crippen molar-refractivity contribution in [2.75, 3.05) is 13.2 Å². The number of rotatable bonds is 40. The molecule has 0 aromatic rings. The number of carbonyl (C=O) groups excluding carboxylic acids is 3. The Morgan fingerprint density at radius 3 is 1.21 bits per heavy atom. The van der Waals surface area contributed by atoms with Crippen LogP contribution in [0.3, 0.4) is 0 Å². The smallest absolute Gasteiger partial charge is 0.306 e.